The smallest absolute Gasteiger partial charge is 0.254 e. The molecule has 1 aromatic heterocycles. The minimum Gasteiger partial charge on any atom is -0.409 e. The van der Waals surface area contributed by atoms with Crippen LogP contribution >= 0.6 is 0 Å². The molecule has 6 nitrogen and oxygen atoms in total. The third kappa shape index (κ3) is 2.62. The van der Waals surface area contributed by atoms with Gasteiger partial charge in [-0.3, -0.25) is 9.78 Å². The molecule has 2 aromatic rings. The summed E-state index contributed by atoms with van der Waals surface area (Å²) in [5.74, 6) is -0.223. The van der Waals surface area contributed by atoms with E-state index in [2.05, 4.69) is 10.1 Å². The van der Waals surface area contributed by atoms with Crippen molar-refractivity contribution in [2.75, 3.05) is 13.6 Å². The SMILES string of the molecule is CN(CC(N)=NO)C(=O)c1cccc2ncccc12. The van der Waals surface area contributed by atoms with Gasteiger partial charge in [-0.15, -0.1) is 0 Å². The van der Waals surface area contributed by atoms with Crippen molar-refractivity contribution in [1.29, 1.82) is 0 Å². The van der Waals surface area contributed by atoms with E-state index in [0.29, 0.717) is 5.56 Å². The number of nitrogens with two attached hydrogens (primary N) is 1. The molecule has 0 fully saturated rings. The number of fused-ring (bicyclic) bond motifs is 1. The zero-order chi connectivity index (χ0) is 13.8. The Morgan fingerprint density at radius 1 is 1.42 bits per heavy atom. The fourth-order valence-corrected chi connectivity index (χ4v) is 1.84. The van der Waals surface area contributed by atoms with Crippen LogP contribution in [0.2, 0.25) is 0 Å². The number of benzene rings is 1. The number of amides is 1. The molecular formula is C13H14N4O2. The van der Waals surface area contributed by atoms with Crippen molar-refractivity contribution < 1.29 is 10.0 Å². The van der Waals surface area contributed by atoms with Crippen molar-refractivity contribution in [2.24, 2.45) is 10.9 Å². The highest BCUT2D eigenvalue weighted by atomic mass is 16.4. The van der Waals surface area contributed by atoms with Crippen LogP contribution in [0.4, 0.5) is 0 Å². The normalized spacial score (nSPS) is 11.5. The van der Waals surface area contributed by atoms with E-state index in [1.54, 1.807) is 31.4 Å². The molecule has 0 aliphatic heterocycles. The van der Waals surface area contributed by atoms with Crippen molar-refractivity contribution in [3.8, 4) is 0 Å². The first-order valence-electron chi connectivity index (χ1n) is 5.69. The maximum Gasteiger partial charge on any atom is 0.254 e. The van der Waals surface area contributed by atoms with Crippen LogP contribution in [0.25, 0.3) is 10.9 Å². The number of pyridine rings is 1. The summed E-state index contributed by atoms with van der Waals surface area (Å²) in [7, 11) is 1.59. The summed E-state index contributed by atoms with van der Waals surface area (Å²) >= 11 is 0. The van der Waals surface area contributed by atoms with Gasteiger partial charge in [0.2, 0.25) is 0 Å². The van der Waals surface area contributed by atoms with Gasteiger partial charge in [-0.2, -0.15) is 0 Å². The van der Waals surface area contributed by atoms with Crippen LogP contribution < -0.4 is 5.73 Å². The Bertz CT molecular complexity index is 634. The number of hydrogen-bond donors (Lipinski definition) is 2. The van der Waals surface area contributed by atoms with E-state index in [4.69, 9.17) is 10.9 Å². The number of hydrogen-bond acceptors (Lipinski definition) is 4. The zero-order valence-corrected chi connectivity index (χ0v) is 10.4. The van der Waals surface area contributed by atoms with Gasteiger partial charge in [0.25, 0.3) is 5.91 Å². The highest BCUT2D eigenvalue weighted by Crippen LogP contribution is 2.17. The van der Waals surface area contributed by atoms with E-state index in [1.807, 2.05) is 12.1 Å². The second-order valence-corrected chi connectivity index (χ2v) is 4.13. The molecule has 0 unspecified atom stereocenters. The predicted octanol–water partition coefficient (Wildman–Crippen LogP) is 1.05. The number of likely N-dealkylation sites (N-methyl/N-ethyl adjacent to an activating group) is 1. The van der Waals surface area contributed by atoms with E-state index in [1.165, 1.54) is 4.90 Å². The Morgan fingerprint density at radius 2 is 2.21 bits per heavy atom. The highest BCUT2D eigenvalue weighted by molar-refractivity contribution is 6.06. The minimum atomic E-state index is -0.204. The fourth-order valence-electron chi connectivity index (χ4n) is 1.84. The molecule has 0 saturated heterocycles. The molecule has 0 aliphatic carbocycles. The van der Waals surface area contributed by atoms with Crippen LogP contribution in [0.15, 0.2) is 41.7 Å². The summed E-state index contributed by atoms with van der Waals surface area (Å²) < 4.78 is 0. The van der Waals surface area contributed by atoms with E-state index in [9.17, 15) is 4.79 Å². The second kappa shape index (κ2) is 5.34. The Morgan fingerprint density at radius 3 is 2.95 bits per heavy atom. The van der Waals surface area contributed by atoms with Crippen molar-refractivity contribution in [3.05, 3.63) is 42.1 Å². The Balaban J connectivity index is 2.36. The second-order valence-electron chi connectivity index (χ2n) is 4.13. The van der Waals surface area contributed by atoms with E-state index in [0.717, 1.165) is 10.9 Å². The molecule has 0 aliphatic rings. The van der Waals surface area contributed by atoms with Crippen molar-refractivity contribution in [1.82, 2.24) is 9.88 Å². The molecule has 0 radical (unpaired) electrons. The van der Waals surface area contributed by atoms with Crippen LogP contribution in [0, 0.1) is 0 Å². The topological polar surface area (TPSA) is 91.8 Å². The van der Waals surface area contributed by atoms with Gasteiger partial charge in [-0.25, -0.2) is 0 Å². The highest BCUT2D eigenvalue weighted by Gasteiger charge is 2.15. The first-order valence-corrected chi connectivity index (χ1v) is 5.69. The molecule has 19 heavy (non-hydrogen) atoms. The largest absolute Gasteiger partial charge is 0.409 e. The van der Waals surface area contributed by atoms with Gasteiger partial charge < -0.3 is 15.8 Å². The quantitative estimate of drug-likeness (QED) is 0.372. The molecule has 1 aromatic carbocycles. The lowest BCUT2D eigenvalue weighted by Gasteiger charge is -2.17. The van der Waals surface area contributed by atoms with Crippen molar-refractivity contribution in [3.63, 3.8) is 0 Å². The minimum absolute atomic E-state index is 0.0192. The first-order chi connectivity index (χ1) is 9.13. The molecular weight excluding hydrogens is 244 g/mol. The molecule has 1 amide bonds. The monoisotopic (exact) mass is 258 g/mol. The standard InChI is InChI=1S/C13H14N4O2/c1-17(8-12(14)16-19)13(18)10-4-2-6-11-9(10)5-3-7-15-11/h2-7,19H,8H2,1H3,(H2,14,16). The van der Waals surface area contributed by atoms with E-state index >= 15 is 0 Å². The Hall–Kier alpha value is -2.63. The molecule has 0 bridgehead atoms. The number of carbonyl (C=O) groups excluding carboxylic acids is 1. The number of oxime groups is 1. The number of nitrogens with zero attached hydrogens (tertiary/aromatic N) is 3. The number of carbonyl (C=O) groups is 1. The summed E-state index contributed by atoms with van der Waals surface area (Å²) in [4.78, 5) is 17.9. The maximum absolute atomic E-state index is 12.3. The predicted molar refractivity (Wildman–Crippen MR) is 72.1 cm³/mol. The summed E-state index contributed by atoms with van der Waals surface area (Å²) in [6.07, 6.45) is 1.68. The zero-order valence-electron chi connectivity index (χ0n) is 10.4. The van der Waals surface area contributed by atoms with Gasteiger partial charge in [0.1, 0.15) is 0 Å². The van der Waals surface area contributed by atoms with Gasteiger partial charge in [-0.1, -0.05) is 17.3 Å². The van der Waals surface area contributed by atoms with E-state index in [-0.39, 0.29) is 18.3 Å². The lowest BCUT2D eigenvalue weighted by molar-refractivity contribution is 0.0815. The van der Waals surface area contributed by atoms with Gasteiger partial charge >= 0.3 is 0 Å². The van der Waals surface area contributed by atoms with Crippen LogP contribution in [0.1, 0.15) is 10.4 Å². The average Bonchev–Trinajstić information content (AvgIpc) is 2.45. The number of amidine groups is 1. The molecule has 0 saturated carbocycles. The Kier molecular flexibility index (Phi) is 3.61. The molecule has 98 valence electrons. The molecule has 1 heterocycles. The van der Waals surface area contributed by atoms with Gasteiger partial charge in [-0.05, 0) is 18.2 Å². The summed E-state index contributed by atoms with van der Waals surface area (Å²) in [5.41, 5.74) is 6.69. The van der Waals surface area contributed by atoms with Crippen LogP contribution in [0.3, 0.4) is 0 Å². The maximum atomic E-state index is 12.3. The number of rotatable bonds is 3. The fraction of sp³-hybridized carbons (Fsp3) is 0.154. The summed E-state index contributed by atoms with van der Waals surface area (Å²) in [6.45, 7) is 0.0615. The van der Waals surface area contributed by atoms with Crippen molar-refractivity contribution in [2.45, 2.75) is 0 Å². The Labute approximate surface area is 110 Å². The lowest BCUT2D eigenvalue weighted by Crippen LogP contribution is -2.35. The molecule has 0 spiro atoms. The van der Waals surface area contributed by atoms with Gasteiger partial charge in [0, 0.05) is 24.2 Å². The summed E-state index contributed by atoms with van der Waals surface area (Å²) in [5, 5.41) is 12.2. The molecule has 6 heteroatoms. The van der Waals surface area contributed by atoms with Crippen LogP contribution in [0.5, 0.6) is 0 Å². The molecule has 2 rings (SSSR count). The van der Waals surface area contributed by atoms with Gasteiger partial charge in [0.15, 0.2) is 5.84 Å². The van der Waals surface area contributed by atoms with Gasteiger partial charge in [0.05, 0.1) is 12.1 Å². The van der Waals surface area contributed by atoms with E-state index < -0.39 is 0 Å². The van der Waals surface area contributed by atoms with Crippen molar-refractivity contribution >= 4 is 22.6 Å². The third-order valence-electron chi connectivity index (χ3n) is 2.75. The third-order valence-corrected chi connectivity index (χ3v) is 2.75. The van der Waals surface area contributed by atoms with Crippen LogP contribution in [-0.4, -0.2) is 40.4 Å². The number of aromatic nitrogens is 1. The van der Waals surface area contributed by atoms with Crippen LogP contribution in [-0.2, 0) is 0 Å². The summed E-state index contributed by atoms with van der Waals surface area (Å²) in [6, 6.07) is 8.97. The average molecular weight is 258 g/mol. The molecule has 0 atom stereocenters. The lowest BCUT2D eigenvalue weighted by atomic mass is 10.1. The molecule has 3 N–H and O–H groups in total. The first kappa shape index (κ1) is 12.8.